The van der Waals surface area contributed by atoms with Crippen LogP contribution in [-0.4, -0.2) is 4.98 Å². The van der Waals surface area contributed by atoms with E-state index in [1.54, 1.807) is 6.20 Å². The number of aromatic nitrogens is 1. The van der Waals surface area contributed by atoms with Crippen LogP contribution in [0.3, 0.4) is 0 Å². The van der Waals surface area contributed by atoms with Crippen LogP contribution in [-0.2, 0) is 0 Å². The first-order chi connectivity index (χ1) is 5.33. The van der Waals surface area contributed by atoms with Crippen LogP contribution in [0, 0.1) is 0 Å². The summed E-state index contributed by atoms with van der Waals surface area (Å²) in [6.07, 6.45) is 2.68. The van der Waals surface area contributed by atoms with Crippen molar-refractivity contribution in [2.75, 3.05) is 5.32 Å². The third-order valence-corrected chi connectivity index (χ3v) is 1.40. The second-order valence-corrected chi connectivity index (χ2v) is 2.30. The van der Waals surface area contributed by atoms with Gasteiger partial charge in [0.05, 0.1) is 0 Å². The highest BCUT2D eigenvalue weighted by Gasteiger charge is 1.90. The second-order valence-electron chi connectivity index (χ2n) is 2.30. The zero-order valence-corrected chi connectivity index (χ0v) is 6.67. The fourth-order valence-electron chi connectivity index (χ4n) is 0.706. The summed E-state index contributed by atoms with van der Waals surface area (Å²) in [6, 6.07) is 5.75. The van der Waals surface area contributed by atoms with Crippen molar-refractivity contribution in [3.8, 4) is 0 Å². The van der Waals surface area contributed by atoms with E-state index in [0.717, 1.165) is 17.9 Å². The summed E-state index contributed by atoms with van der Waals surface area (Å²) in [7, 11) is 0. The van der Waals surface area contributed by atoms with Gasteiger partial charge in [-0.2, -0.15) is 0 Å². The van der Waals surface area contributed by atoms with Crippen molar-refractivity contribution >= 4 is 5.82 Å². The zero-order valence-electron chi connectivity index (χ0n) is 6.67. The Kier molecular flexibility index (Phi) is 2.66. The van der Waals surface area contributed by atoms with Gasteiger partial charge in [0.2, 0.25) is 0 Å². The van der Waals surface area contributed by atoms with E-state index >= 15 is 0 Å². The van der Waals surface area contributed by atoms with Crippen LogP contribution in [0.4, 0.5) is 5.82 Å². The molecule has 0 unspecified atom stereocenters. The highest BCUT2D eigenvalue weighted by molar-refractivity contribution is 5.39. The molecule has 0 radical (unpaired) electrons. The Labute approximate surface area is 67.0 Å². The molecule has 2 nitrogen and oxygen atoms in total. The van der Waals surface area contributed by atoms with E-state index in [2.05, 4.69) is 23.8 Å². The molecule has 0 atom stereocenters. The molecular formula is C9H12N2. The first kappa shape index (κ1) is 7.79. The molecule has 0 spiro atoms. The summed E-state index contributed by atoms with van der Waals surface area (Å²) in [4.78, 5) is 4.09. The molecular weight excluding hydrogens is 136 g/mol. The molecule has 58 valence electrons. The largest absolute Gasteiger partial charge is 0.344 e. The number of anilines is 1. The molecule has 0 aliphatic heterocycles. The number of pyridine rings is 1. The Morgan fingerprint density at radius 2 is 2.45 bits per heavy atom. The van der Waals surface area contributed by atoms with Crippen LogP contribution in [0.5, 0.6) is 0 Å². The Bertz CT molecular complexity index is 229. The Morgan fingerprint density at radius 1 is 1.64 bits per heavy atom. The molecule has 1 N–H and O–H groups in total. The molecule has 0 saturated carbocycles. The summed E-state index contributed by atoms with van der Waals surface area (Å²) in [5.41, 5.74) is 0.990. The topological polar surface area (TPSA) is 24.9 Å². The smallest absolute Gasteiger partial charge is 0.129 e. The Morgan fingerprint density at radius 3 is 3.00 bits per heavy atom. The van der Waals surface area contributed by atoms with Crippen LogP contribution in [0.25, 0.3) is 0 Å². The lowest BCUT2D eigenvalue weighted by Crippen LogP contribution is -1.97. The summed E-state index contributed by atoms with van der Waals surface area (Å²) in [5, 5.41) is 3.09. The third kappa shape index (κ3) is 2.42. The van der Waals surface area contributed by atoms with Crippen LogP contribution in [0.2, 0.25) is 0 Å². The standard InChI is InChI=1S/C9H12N2/c1-3-8(2)11-9-6-4-5-7-10-9/h4-7H,2-3H2,1H3,(H,10,11). The van der Waals surface area contributed by atoms with Gasteiger partial charge in [-0.3, -0.25) is 0 Å². The van der Waals surface area contributed by atoms with Crippen LogP contribution >= 0.6 is 0 Å². The van der Waals surface area contributed by atoms with Crippen LogP contribution in [0.15, 0.2) is 36.7 Å². The van der Waals surface area contributed by atoms with Crippen molar-refractivity contribution in [2.24, 2.45) is 0 Å². The van der Waals surface area contributed by atoms with Crippen molar-refractivity contribution in [1.82, 2.24) is 4.98 Å². The molecule has 1 aromatic rings. The van der Waals surface area contributed by atoms with Gasteiger partial charge in [-0.1, -0.05) is 19.6 Å². The monoisotopic (exact) mass is 148 g/mol. The van der Waals surface area contributed by atoms with Crippen molar-refractivity contribution in [3.63, 3.8) is 0 Å². The summed E-state index contributed by atoms with van der Waals surface area (Å²) in [5.74, 6) is 0.861. The molecule has 0 aromatic carbocycles. The summed E-state index contributed by atoms with van der Waals surface area (Å²) in [6.45, 7) is 5.87. The summed E-state index contributed by atoms with van der Waals surface area (Å²) < 4.78 is 0. The van der Waals surface area contributed by atoms with Crippen LogP contribution in [0.1, 0.15) is 13.3 Å². The van der Waals surface area contributed by atoms with E-state index in [9.17, 15) is 0 Å². The Balaban J connectivity index is 2.58. The second kappa shape index (κ2) is 3.76. The molecule has 1 heterocycles. The van der Waals surface area contributed by atoms with Crippen molar-refractivity contribution in [2.45, 2.75) is 13.3 Å². The SMILES string of the molecule is C=C(CC)Nc1ccccn1. The van der Waals surface area contributed by atoms with Gasteiger partial charge in [0, 0.05) is 11.9 Å². The highest BCUT2D eigenvalue weighted by atomic mass is 15.0. The molecule has 0 aliphatic rings. The van der Waals surface area contributed by atoms with Gasteiger partial charge in [0.25, 0.3) is 0 Å². The quantitative estimate of drug-likeness (QED) is 0.712. The van der Waals surface area contributed by atoms with Crippen LogP contribution < -0.4 is 5.32 Å². The lowest BCUT2D eigenvalue weighted by atomic mass is 10.3. The molecule has 0 amide bonds. The normalized spacial score (nSPS) is 9.18. The minimum Gasteiger partial charge on any atom is -0.344 e. The van der Waals surface area contributed by atoms with Crippen molar-refractivity contribution < 1.29 is 0 Å². The third-order valence-electron chi connectivity index (χ3n) is 1.40. The highest BCUT2D eigenvalue weighted by Crippen LogP contribution is 2.05. The molecule has 0 fully saturated rings. The Hall–Kier alpha value is -1.31. The molecule has 11 heavy (non-hydrogen) atoms. The minimum absolute atomic E-state index is 0.861. The fraction of sp³-hybridized carbons (Fsp3) is 0.222. The maximum Gasteiger partial charge on any atom is 0.129 e. The van der Waals surface area contributed by atoms with E-state index in [1.807, 2.05) is 18.2 Å². The number of hydrogen-bond donors (Lipinski definition) is 1. The van der Waals surface area contributed by atoms with E-state index in [1.165, 1.54) is 0 Å². The van der Waals surface area contributed by atoms with Gasteiger partial charge >= 0.3 is 0 Å². The fourth-order valence-corrected chi connectivity index (χ4v) is 0.706. The first-order valence-electron chi connectivity index (χ1n) is 3.68. The maximum atomic E-state index is 4.09. The average Bonchev–Trinajstić information content (AvgIpc) is 2.06. The van der Waals surface area contributed by atoms with Gasteiger partial charge in [-0.15, -0.1) is 0 Å². The average molecular weight is 148 g/mol. The predicted octanol–water partition coefficient (Wildman–Crippen LogP) is 2.42. The zero-order chi connectivity index (χ0) is 8.10. The summed E-state index contributed by atoms with van der Waals surface area (Å²) >= 11 is 0. The number of nitrogens with zero attached hydrogens (tertiary/aromatic N) is 1. The molecule has 0 aliphatic carbocycles. The first-order valence-corrected chi connectivity index (χ1v) is 3.68. The number of nitrogens with one attached hydrogen (secondary N) is 1. The number of allylic oxidation sites excluding steroid dienone is 1. The molecule has 2 heteroatoms. The number of rotatable bonds is 3. The maximum absolute atomic E-state index is 4.09. The van der Waals surface area contributed by atoms with Gasteiger partial charge < -0.3 is 5.32 Å². The van der Waals surface area contributed by atoms with Gasteiger partial charge in [-0.25, -0.2) is 4.98 Å². The lowest BCUT2D eigenvalue weighted by Gasteiger charge is -2.04. The van der Waals surface area contributed by atoms with E-state index in [-0.39, 0.29) is 0 Å². The van der Waals surface area contributed by atoms with E-state index in [4.69, 9.17) is 0 Å². The molecule has 0 bridgehead atoms. The van der Waals surface area contributed by atoms with Crippen molar-refractivity contribution in [1.29, 1.82) is 0 Å². The molecule has 0 saturated heterocycles. The number of hydrogen-bond acceptors (Lipinski definition) is 2. The van der Waals surface area contributed by atoms with E-state index < -0.39 is 0 Å². The van der Waals surface area contributed by atoms with Gasteiger partial charge in [-0.05, 0) is 18.6 Å². The predicted molar refractivity (Wildman–Crippen MR) is 47.3 cm³/mol. The van der Waals surface area contributed by atoms with Crippen molar-refractivity contribution in [3.05, 3.63) is 36.7 Å². The van der Waals surface area contributed by atoms with Gasteiger partial charge in [0.15, 0.2) is 0 Å². The lowest BCUT2D eigenvalue weighted by molar-refractivity contribution is 1.10. The van der Waals surface area contributed by atoms with Gasteiger partial charge in [0.1, 0.15) is 5.82 Å². The van der Waals surface area contributed by atoms with E-state index in [0.29, 0.717) is 0 Å². The molecule has 1 rings (SSSR count). The molecule has 1 aromatic heterocycles. The minimum atomic E-state index is 0.861.